The van der Waals surface area contributed by atoms with Gasteiger partial charge in [-0.2, -0.15) is 0 Å². The van der Waals surface area contributed by atoms with Crippen LogP contribution >= 0.6 is 0 Å². The van der Waals surface area contributed by atoms with Crippen molar-refractivity contribution in [2.24, 2.45) is 4.99 Å². The fourth-order valence-corrected chi connectivity index (χ4v) is 5.16. The molecule has 0 radical (unpaired) electrons. The van der Waals surface area contributed by atoms with E-state index >= 15 is 0 Å². The Morgan fingerprint density at radius 2 is 1.78 bits per heavy atom. The molecule has 1 aromatic heterocycles. The van der Waals surface area contributed by atoms with Gasteiger partial charge in [-0.25, -0.2) is 18.7 Å². The number of anilines is 1. The quantitative estimate of drug-likeness (QED) is 0.416. The van der Waals surface area contributed by atoms with Crippen molar-refractivity contribution in [3.8, 4) is 16.9 Å². The van der Waals surface area contributed by atoms with Gasteiger partial charge in [0.1, 0.15) is 24.0 Å². The summed E-state index contributed by atoms with van der Waals surface area (Å²) in [5.74, 6) is 2.91. The number of alkyl halides is 2. The summed E-state index contributed by atoms with van der Waals surface area (Å²) in [4.78, 5) is 18.3. The normalized spacial score (nSPS) is 15.1. The molecule has 2 aromatic carbocycles. The van der Waals surface area contributed by atoms with Crippen molar-refractivity contribution >= 4 is 17.2 Å². The minimum absolute atomic E-state index is 0.0622. The molecule has 3 aromatic rings. The van der Waals surface area contributed by atoms with E-state index in [1.807, 2.05) is 44.4 Å². The Bertz CT molecular complexity index is 1350. The number of halogens is 2. The lowest BCUT2D eigenvalue weighted by atomic mass is 9.99. The van der Waals surface area contributed by atoms with E-state index in [9.17, 15) is 8.78 Å². The summed E-state index contributed by atoms with van der Waals surface area (Å²) in [6.07, 6.45) is -2.31. The summed E-state index contributed by atoms with van der Waals surface area (Å²) in [5.41, 5.74) is 6.60. The minimum Gasteiger partial charge on any atom is -0.491 e. The highest BCUT2D eigenvalue weighted by Gasteiger charge is 2.25. The van der Waals surface area contributed by atoms with Crippen LogP contribution in [0.4, 0.5) is 20.3 Å². The summed E-state index contributed by atoms with van der Waals surface area (Å²) < 4.78 is 32.5. The smallest absolute Gasteiger partial charge is 0.276 e. The predicted molar refractivity (Wildman–Crippen MR) is 143 cm³/mol. The first-order valence-electron chi connectivity index (χ1n) is 12.7. The van der Waals surface area contributed by atoms with Crippen LogP contribution in [-0.2, 0) is 19.5 Å². The maximum atomic E-state index is 13.2. The molecule has 0 fully saturated rings. The highest BCUT2D eigenvalue weighted by atomic mass is 19.3. The zero-order valence-electron chi connectivity index (χ0n) is 22.1. The molecule has 2 aliphatic heterocycles. The van der Waals surface area contributed by atoms with Gasteiger partial charge in [0.2, 0.25) is 0 Å². The van der Waals surface area contributed by atoms with Crippen molar-refractivity contribution in [3.63, 3.8) is 0 Å². The Kier molecular flexibility index (Phi) is 6.94. The van der Waals surface area contributed by atoms with Gasteiger partial charge < -0.3 is 14.5 Å². The molecule has 8 heteroatoms. The van der Waals surface area contributed by atoms with Crippen LogP contribution in [0.25, 0.3) is 11.1 Å². The number of aliphatic imine (C=N–C) groups is 1. The second-order valence-electron chi connectivity index (χ2n) is 10.4. The van der Waals surface area contributed by atoms with Gasteiger partial charge in [0.25, 0.3) is 6.43 Å². The summed E-state index contributed by atoms with van der Waals surface area (Å²) in [5, 5.41) is 0. The number of fused-ring (bicyclic) bond motifs is 2. The molecule has 0 amide bonds. The first-order chi connectivity index (χ1) is 17.7. The van der Waals surface area contributed by atoms with Crippen LogP contribution in [-0.4, -0.2) is 54.3 Å². The largest absolute Gasteiger partial charge is 0.491 e. The third-order valence-corrected chi connectivity index (χ3v) is 6.84. The van der Waals surface area contributed by atoms with Crippen LogP contribution in [0.1, 0.15) is 48.0 Å². The molecule has 0 unspecified atom stereocenters. The van der Waals surface area contributed by atoms with Gasteiger partial charge in [0, 0.05) is 29.8 Å². The molecule has 6 nitrogen and oxygen atoms in total. The SMILES string of the molecule is Cc1nc(CN(C)C)nc(N2CCOc3ccc(-c4ccc5c(c4)N=C(C(F)F)C5)cc3C2)c1C(C)C. The van der Waals surface area contributed by atoms with Crippen molar-refractivity contribution in [2.45, 2.75) is 52.6 Å². The molecule has 0 saturated carbocycles. The summed E-state index contributed by atoms with van der Waals surface area (Å²) in [6, 6.07) is 11.9. The highest BCUT2D eigenvalue weighted by molar-refractivity contribution is 5.96. The third-order valence-electron chi connectivity index (χ3n) is 6.84. The highest BCUT2D eigenvalue weighted by Crippen LogP contribution is 2.37. The maximum absolute atomic E-state index is 13.2. The van der Waals surface area contributed by atoms with E-state index in [1.54, 1.807) is 0 Å². The van der Waals surface area contributed by atoms with E-state index in [-0.39, 0.29) is 18.1 Å². The van der Waals surface area contributed by atoms with E-state index in [2.05, 4.69) is 41.6 Å². The zero-order chi connectivity index (χ0) is 26.3. The van der Waals surface area contributed by atoms with Gasteiger partial charge in [-0.05, 0) is 61.8 Å². The average molecular weight is 506 g/mol. The molecule has 37 heavy (non-hydrogen) atoms. The number of aryl methyl sites for hydroxylation is 1. The number of ether oxygens (including phenoxy) is 1. The number of rotatable bonds is 6. The first-order valence-corrected chi connectivity index (χ1v) is 12.7. The predicted octanol–water partition coefficient (Wildman–Crippen LogP) is 5.93. The number of hydrogen-bond acceptors (Lipinski definition) is 6. The zero-order valence-corrected chi connectivity index (χ0v) is 22.1. The standard InChI is InChI=1S/C29H33F2N5O/c1-17(2)27-18(3)32-26(16-35(4)5)34-29(27)36-10-11-37-25-9-8-19(12-22(25)15-36)20-6-7-21-14-24(28(30)31)33-23(21)13-20/h6-9,12-13,17,28H,10-11,14-16H2,1-5H3. The Hall–Kier alpha value is -3.39. The molecule has 0 bridgehead atoms. The van der Waals surface area contributed by atoms with Crippen LogP contribution in [0.2, 0.25) is 0 Å². The van der Waals surface area contributed by atoms with Crippen molar-refractivity contribution in [1.29, 1.82) is 0 Å². The summed E-state index contributed by atoms with van der Waals surface area (Å²) in [6.45, 7) is 9.01. The number of benzene rings is 2. The second kappa shape index (κ2) is 10.2. The lowest BCUT2D eigenvalue weighted by Crippen LogP contribution is -2.29. The molecular weight excluding hydrogens is 472 g/mol. The average Bonchev–Trinajstić information content (AvgIpc) is 3.15. The van der Waals surface area contributed by atoms with Crippen LogP contribution < -0.4 is 9.64 Å². The van der Waals surface area contributed by atoms with Crippen LogP contribution in [0.15, 0.2) is 41.4 Å². The number of hydrogen-bond donors (Lipinski definition) is 0. The monoisotopic (exact) mass is 505 g/mol. The lowest BCUT2D eigenvalue weighted by molar-refractivity contribution is 0.224. The van der Waals surface area contributed by atoms with Gasteiger partial charge in [0.15, 0.2) is 0 Å². The molecule has 0 spiro atoms. The molecule has 0 saturated heterocycles. The fraction of sp³-hybridized carbons (Fsp3) is 0.414. The van der Waals surface area contributed by atoms with E-state index in [0.29, 0.717) is 31.9 Å². The molecule has 194 valence electrons. The van der Waals surface area contributed by atoms with Crippen LogP contribution in [0, 0.1) is 6.92 Å². The Morgan fingerprint density at radius 3 is 2.51 bits per heavy atom. The summed E-state index contributed by atoms with van der Waals surface area (Å²) in [7, 11) is 4.04. The van der Waals surface area contributed by atoms with E-state index in [4.69, 9.17) is 14.7 Å². The molecule has 0 atom stereocenters. The molecule has 3 heterocycles. The lowest BCUT2D eigenvalue weighted by Gasteiger charge is -2.27. The molecule has 0 N–H and O–H groups in total. The Balaban J connectivity index is 1.50. The third kappa shape index (κ3) is 5.21. The van der Waals surface area contributed by atoms with Gasteiger partial charge >= 0.3 is 0 Å². The van der Waals surface area contributed by atoms with E-state index in [0.717, 1.165) is 50.9 Å². The second-order valence-corrected chi connectivity index (χ2v) is 10.4. The molecule has 0 aliphatic carbocycles. The van der Waals surface area contributed by atoms with Gasteiger partial charge in [-0.3, -0.25) is 4.99 Å². The maximum Gasteiger partial charge on any atom is 0.276 e. The first kappa shape index (κ1) is 25.3. The van der Waals surface area contributed by atoms with Crippen molar-refractivity contribution in [2.75, 3.05) is 32.1 Å². The molecular formula is C29H33F2N5O. The number of aromatic nitrogens is 2. The van der Waals surface area contributed by atoms with Crippen LogP contribution in [0.3, 0.4) is 0 Å². The Labute approximate surface area is 217 Å². The summed E-state index contributed by atoms with van der Waals surface area (Å²) >= 11 is 0. The molecule has 2 aliphatic rings. The molecule has 5 rings (SSSR count). The van der Waals surface area contributed by atoms with E-state index in [1.165, 1.54) is 0 Å². The van der Waals surface area contributed by atoms with Gasteiger partial charge in [0.05, 0.1) is 24.5 Å². The number of nitrogens with zero attached hydrogens (tertiary/aromatic N) is 5. The minimum atomic E-state index is -2.52. The fourth-order valence-electron chi connectivity index (χ4n) is 5.16. The van der Waals surface area contributed by atoms with Crippen LogP contribution in [0.5, 0.6) is 5.75 Å². The van der Waals surface area contributed by atoms with Gasteiger partial charge in [-0.15, -0.1) is 0 Å². The van der Waals surface area contributed by atoms with Crippen molar-refractivity contribution in [3.05, 3.63) is 64.6 Å². The van der Waals surface area contributed by atoms with Crippen molar-refractivity contribution in [1.82, 2.24) is 14.9 Å². The Morgan fingerprint density at radius 1 is 1.03 bits per heavy atom. The van der Waals surface area contributed by atoms with Crippen molar-refractivity contribution < 1.29 is 13.5 Å². The topological polar surface area (TPSA) is 53.9 Å². The van der Waals surface area contributed by atoms with E-state index < -0.39 is 6.43 Å². The van der Waals surface area contributed by atoms with Gasteiger partial charge in [-0.1, -0.05) is 32.0 Å².